The lowest BCUT2D eigenvalue weighted by Gasteiger charge is -2.30. The van der Waals surface area contributed by atoms with E-state index in [1.807, 2.05) is 12.4 Å². The number of rotatable bonds is 1. The first kappa shape index (κ1) is 11.2. The van der Waals surface area contributed by atoms with E-state index < -0.39 is 0 Å². The third-order valence-corrected chi connectivity index (χ3v) is 4.76. The van der Waals surface area contributed by atoms with E-state index >= 15 is 0 Å². The van der Waals surface area contributed by atoms with Crippen LogP contribution in [0.3, 0.4) is 0 Å². The SMILES string of the molecule is CN1C2C=C(c3ccc4cnccc4c3)CC1CC2. The van der Waals surface area contributed by atoms with Gasteiger partial charge in [-0.25, -0.2) is 0 Å². The molecule has 96 valence electrons. The van der Waals surface area contributed by atoms with Crippen molar-refractivity contribution in [1.29, 1.82) is 0 Å². The fraction of sp³-hybridized carbons (Fsp3) is 0.353. The summed E-state index contributed by atoms with van der Waals surface area (Å²) in [6.45, 7) is 0. The number of benzene rings is 1. The molecule has 2 heteroatoms. The Morgan fingerprint density at radius 3 is 3.00 bits per heavy atom. The van der Waals surface area contributed by atoms with Gasteiger partial charge in [-0.15, -0.1) is 0 Å². The monoisotopic (exact) mass is 250 g/mol. The summed E-state index contributed by atoms with van der Waals surface area (Å²) < 4.78 is 0. The first-order valence-electron chi connectivity index (χ1n) is 7.08. The molecule has 3 heterocycles. The minimum atomic E-state index is 0.655. The quantitative estimate of drug-likeness (QED) is 0.770. The van der Waals surface area contributed by atoms with Crippen LogP contribution in [0.15, 0.2) is 42.7 Å². The summed E-state index contributed by atoms with van der Waals surface area (Å²) in [7, 11) is 2.27. The molecule has 1 aromatic carbocycles. The van der Waals surface area contributed by atoms with Gasteiger partial charge in [0, 0.05) is 29.9 Å². The molecule has 0 spiro atoms. The highest BCUT2D eigenvalue weighted by Crippen LogP contribution is 2.37. The van der Waals surface area contributed by atoms with Gasteiger partial charge < -0.3 is 0 Å². The molecule has 2 nitrogen and oxygen atoms in total. The summed E-state index contributed by atoms with van der Waals surface area (Å²) in [4.78, 5) is 6.71. The Bertz CT molecular complexity index is 659. The van der Waals surface area contributed by atoms with Gasteiger partial charge in [0.2, 0.25) is 0 Å². The highest BCUT2D eigenvalue weighted by molar-refractivity contribution is 5.85. The minimum absolute atomic E-state index is 0.655. The topological polar surface area (TPSA) is 16.1 Å². The summed E-state index contributed by atoms with van der Waals surface area (Å²) in [6.07, 6.45) is 10.2. The van der Waals surface area contributed by atoms with E-state index in [-0.39, 0.29) is 0 Å². The van der Waals surface area contributed by atoms with Crippen LogP contribution < -0.4 is 0 Å². The Morgan fingerprint density at radius 2 is 2.11 bits per heavy atom. The third-order valence-electron chi connectivity index (χ3n) is 4.76. The van der Waals surface area contributed by atoms with Gasteiger partial charge in [-0.3, -0.25) is 9.88 Å². The third kappa shape index (κ3) is 1.79. The van der Waals surface area contributed by atoms with Gasteiger partial charge in [-0.1, -0.05) is 18.2 Å². The van der Waals surface area contributed by atoms with Crippen molar-refractivity contribution in [3.63, 3.8) is 0 Å². The van der Waals surface area contributed by atoms with Crippen molar-refractivity contribution in [3.05, 3.63) is 48.3 Å². The van der Waals surface area contributed by atoms with Crippen molar-refractivity contribution in [2.75, 3.05) is 7.05 Å². The molecule has 0 N–H and O–H groups in total. The van der Waals surface area contributed by atoms with E-state index in [9.17, 15) is 0 Å². The molecule has 2 aromatic rings. The number of hydrogen-bond donors (Lipinski definition) is 0. The summed E-state index contributed by atoms with van der Waals surface area (Å²) >= 11 is 0. The van der Waals surface area contributed by atoms with Gasteiger partial charge in [0.15, 0.2) is 0 Å². The van der Waals surface area contributed by atoms with Crippen LogP contribution >= 0.6 is 0 Å². The van der Waals surface area contributed by atoms with E-state index in [0.717, 1.165) is 6.04 Å². The average Bonchev–Trinajstić information content (AvgIpc) is 2.68. The van der Waals surface area contributed by atoms with Crippen LogP contribution in [-0.4, -0.2) is 29.0 Å². The molecule has 1 saturated heterocycles. The summed E-state index contributed by atoms with van der Waals surface area (Å²) in [5, 5.41) is 2.52. The van der Waals surface area contributed by atoms with Gasteiger partial charge >= 0.3 is 0 Å². The average molecular weight is 250 g/mol. The van der Waals surface area contributed by atoms with E-state index in [0.29, 0.717) is 6.04 Å². The van der Waals surface area contributed by atoms with Crippen LogP contribution in [0.25, 0.3) is 16.3 Å². The van der Waals surface area contributed by atoms with Crippen molar-refractivity contribution in [2.24, 2.45) is 0 Å². The van der Waals surface area contributed by atoms with Gasteiger partial charge in [-0.05, 0) is 55.0 Å². The Labute approximate surface area is 113 Å². The molecule has 2 atom stereocenters. The molecule has 0 aliphatic carbocycles. The lowest BCUT2D eigenvalue weighted by molar-refractivity contribution is 0.264. The van der Waals surface area contributed by atoms with Gasteiger partial charge in [0.1, 0.15) is 0 Å². The lowest BCUT2D eigenvalue weighted by atomic mass is 9.94. The number of pyridine rings is 1. The van der Waals surface area contributed by atoms with Gasteiger partial charge in [-0.2, -0.15) is 0 Å². The van der Waals surface area contributed by atoms with Crippen molar-refractivity contribution in [3.8, 4) is 0 Å². The fourth-order valence-electron chi connectivity index (χ4n) is 3.54. The van der Waals surface area contributed by atoms with Crippen LogP contribution in [0.4, 0.5) is 0 Å². The summed E-state index contributed by atoms with van der Waals surface area (Å²) in [5.41, 5.74) is 2.92. The standard InChI is InChI=1S/C17H18N2/c1-19-16-4-5-17(19)10-15(9-16)12-2-3-14-11-18-7-6-13(14)8-12/h2-3,6-9,11,16-17H,4-5,10H2,1H3. The number of nitrogens with zero attached hydrogens (tertiary/aromatic N) is 2. The molecule has 2 unspecified atom stereocenters. The van der Waals surface area contributed by atoms with Crippen LogP contribution in [-0.2, 0) is 0 Å². The van der Waals surface area contributed by atoms with Crippen LogP contribution in [0.5, 0.6) is 0 Å². The zero-order valence-corrected chi connectivity index (χ0v) is 11.2. The van der Waals surface area contributed by atoms with Crippen molar-refractivity contribution >= 4 is 16.3 Å². The molecule has 0 saturated carbocycles. The maximum Gasteiger partial charge on any atom is 0.0346 e. The zero-order valence-electron chi connectivity index (χ0n) is 11.2. The highest BCUT2D eigenvalue weighted by Gasteiger charge is 2.33. The summed E-state index contributed by atoms with van der Waals surface area (Å²) in [5.74, 6) is 0. The Balaban J connectivity index is 1.77. The molecular formula is C17H18N2. The van der Waals surface area contributed by atoms with Crippen molar-refractivity contribution in [1.82, 2.24) is 9.88 Å². The molecule has 1 fully saturated rings. The fourth-order valence-corrected chi connectivity index (χ4v) is 3.54. The van der Waals surface area contributed by atoms with E-state index in [4.69, 9.17) is 0 Å². The van der Waals surface area contributed by atoms with Crippen molar-refractivity contribution < 1.29 is 0 Å². The molecule has 1 aromatic heterocycles. The first-order chi connectivity index (χ1) is 9.31. The first-order valence-corrected chi connectivity index (χ1v) is 7.08. The predicted octanol–water partition coefficient (Wildman–Crippen LogP) is 3.48. The van der Waals surface area contributed by atoms with Gasteiger partial charge in [0.05, 0.1) is 0 Å². The lowest BCUT2D eigenvalue weighted by Crippen LogP contribution is -2.34. The van der Waals surface area contributed by atoms with Gasteiger partial charge in [0.25, 0.3) is 0 Å². The molecule has 0 amide bonds. The van der Waals surface area contributed by atoms with E-state index in [1.165, 1.54) is 41.2 Å². The molecule has 2 bridgehead atoms. The molecule has 19 heavy (non-hydrogen) atoms. The minimum Gasteiger partial charge on any atom is -0.297 e. The number of hydrogen-bond acceptors (Lipinski definition) is 2. The second-order valence-electron chi connectivity index (χ2n) is 5.80. The second-order valence-corrected chi connectivity index (χ2v) is 5.80. The Morgan fingerprint density at radius 1 is 1.16 bits per heavy atom. The normalized spacial score (nSPS) is 26.7. The Kier molecular flexibility index (Phi) is 2.46. The largest absolute Gasteiger partial charge is 0.297 e. The number of fused-ring (bicyclic) bond motifs is 3. The zero-order chi connectivity index (χ0) is 12.8. The van der Waals surface area contributed by atoms with Crippen molar-refractivity contribution in [2.45, 2.75) is 31.3 Å². The Hall–Kier alpha value is -1.67. The van der Waals surface area contributed by atoms with Crippen LogP contribution in [0, 0.1) is 0 Å². The molecule has 0 radical (unpaired) electrons. The smallest absolute Gasteiger partial charge is 0.0346 e. The summed E-state index contributed by atoms with van der Waals surface area (Å²) in [6, 6.07) is 10.3. The van der Waals surface area contributed by atoms with Crippen LogP contribution in [0.1, 0.15) is 24.8 Å². The number of likely N-dealkylation sites (N-methyl/N-ethyl adjacent to an activating group) is 1. The maximum absolute atomic E-state index is 4.18. The molecular weight excluding hydrogens is 232 g/mol. The van der Waals surface area contributed by atoms with Crippen LogP contribution in [0.2, 0.25) is 0 Å². The predicted molar refractivity (Wildman–Crippen MR) is 78.9 cm³/mol. The highest BCUT2D eigenvalue weighted by atomic mass is 15.2. The van der Waals surface area contributed by atoms with E-state index in [1.54, 1.807) is 0 Å². The second kappa shape index (κ2) is 4.17. The number of aromatic nitrogens is 1. The molecule has 4 rings (SSSR count). The maximum atomic E-state index is 4.18. The van der Waals surface area contributed by atoms with E-state index in [2.05, 4.69) is 47.3 Å². The molecule has 2 aliphatic heterocycles. The molecule has 2 aliphatic rings.